The Morgan fingerprint density at radius 3 is 2.61 bits per heavy atom. The fourth-order valence-electron chi connectivity index (χ4n) is 2.80. The first-order valence-corrected chi connectivity index (χ1v) is 8.16. The number of carbonyl (C=O) groups is 1. The number of hydrogen-bond acceptors (Lipinski definition) is 4. The highest BCUT2D eigenvalue weighted by atomic mass is 35.5. The summed E-state index contributed by atoms with van der Waals surface area (Å²) < 4.78 is 0. The van der Waals surface area contributed by atoms with Crippen molar-refractivity contribution in [3.63, 3.8) is 0 Å². The number of likely N-dealkylation sites (tertiary alicyclic amines) is 1. The Labute approximate surface area is 141 Å². The lowest BCUT2D eigenvalue weighted by Crippen LogP contribution is -2.53. The predicted molar refractivity (Wildman–Crippen MR) is 89.9 cm³/mol. The molecule has 6 nitrogen and oxygen atoms in total. The van der Waals surface area contributed by atoms with E-state index in [9.17, 15) is 14.9 Å². The van der Waals surface area contributed by atoms with Gasteiger partial charge in [0.25, 0.3) is 11.6 Å². The van der Waals surface area contributed by atoms with Crippen molar-refractivity contribution in [1.82, 2.24) is 10.2 Å². The molecular formula is C16H22ClN3O3. The maximum atomic E-state index is 12.3. The number of nitro groups is 1. The molecule has 1 aliphatic heterocycles. The van der Waals surface area contributed by atoms with Gasteiger partial charge in [0.15, 0.2) is 0 Å². The highest BCUT2D eigenvalue weighted by molar-refractivity contribution is 6.33. The average Bonchev–Trinajstić information content (AvgIpc) is 2.53. The Balaban J connectivity index is 2.04. The van der Waals surface area contributed by atoms with E-state index in [1.165, 1.54) is 37.5 Å². The minimum absolute atomic E-state index is 0.135. The number of benzene rings is 1. The topological polar surface area (TPSA) is 75.5 Å². The van der Waals surface area contributed by atoms with Crippen LogP contribution >= 0.6 is 11.6 Å². The fourth-order valence-corrected chi connectivity index (χ4v) is 3.01. The molecular weight excluding hydrogens is 318 g/mol. The summed E-state index contributed by atoms with van der Waals surface area (Å²) in [5, 5.41) is 13.9. The van der Waals surface area contributed by atoms with E-state index in [0.717, 1.165) is 13.1 Å². The molecule has 1 amide bonds. The Hall–Kier alpha value is -1.66. The normalized spacial score (nSPS) is 16.1. The van der Waals surface area contributed by atoms with Gasteiger partial charge in [-0.05, 0) is 45.8 Å². The van der Waals surface area contributed by atoms with Gasteiger partial charge in [0.05, 0.1) is 15.5 Å². The summed E-state index contributed by atoms with van der Waals surface area (Å²) in [7, 11) is 0. The Kier molecular flexibility index (Phi) is 5.59. The first kappa shape index (κ1) is 17.7. The van der Waals surface area contributed by atoms with E-state index < -0.39 is 4.92 Å². The Bertz CT molecular complexity index is 598. The zero-order chi connectivity index (χ0) is 17.0. The number of halogens is 1. The van der Waals surface area contributed by atoms with E-state index in [1.807, 2.05) is 0 Å². The third-order valence-electron chi connectivity index (χ3n) is 4.30. The molecule has 0 aliphatic carbocycles. The van der Waals surface area contributed by atoms with Crippen molar-refractivity contribution in [3.05, 3.63) is 38.9 Å². The second kappa shape index (κ2) is 7.27. The lowest BCUT2D eigenvalue weighted by Gasteiger charge is -2.41. The number of nitrogens with one attached hydrogen (secondary N) is 1. The van der Waals surface area contributed by atoms with Crippen LogP contribution in [0.5, 0.6) is 0 Å². The quantitative estimate of drug-likeness (QED) is 0.660. The average molecular weight is 340 g/mol. The second-order valence-corrected chi connectivity index (χ2v) is 6.87. The first-order chi connectivity index (χ1) is 10.8. The standard InChI is InChI=1S/C16H22ClN3O3/c1-16(2,19-8-4-3-5-9-19)11-18-15(21)13-10-12(20(22)23)6-7-14(13)17/h6-7,10H,3-5,8-9,11H2,1-2H3,(H,18,21). The molecule has 1 N–H and O–H groups in total. The van der Waals surface area contributed by atoms with Crippen molar-refractivity contribution in [2.45, 2.75) is 38.6 Å². The van der Waals surface area contributed by atoms with Crippen molar-refractivity contribution in [3.8, 4) is 0 Å². The number of hydrogen-bond donors (Lipinski definition) is 1. The van der Waals surface area contributed by atoms with Gasteiger partial charge in [0.2, 0.25) is 0 Å². The van der Waals surface area contributed by atoms with E-state index in [1.54, 1.807) is 0 Å². The zero-order valence-corrected chi connectivity index (χ0v) is 14.2. The molecule has 0 saturated carbocycles. The van der Waals surface area contributed by atoms with E-state index >= 15 is 0 Å². The van der Waals surface area contributed by atoms with Gasteiger partial charge >= 0.3 is 0 Å². The number of piperidine rings is 1. The number of carbonyl (C=O) groups excluding carboxylic acids is 1. The smallest absolute Gasteiger partial charge is 0.270 e. The minimum Gasteiger partial charge on any atom is -0.350 e. The van der Waals surface area contributed by atoms with Gasteiger partial charge in [-0.2, -0.15) is 0 Å². The van der Waals surface area contributed by atoms with Crippen molar-refractivity contribution in [1.29, 1.82) is 0 Å². The monoisotopic (exact) mass is 339 g/mol. The van der Waals surface area contributed by atoms with Crippen LogP contribution in [0.2, 0.25) is 5.02 Å². The molecule has 0 radical (unpaired) electrons. The number of non-ortho nitro benzene ring substituents is 1. The largest absolute Gasteiger partial charge is 0.350 e. The molecule has 1 saturated heterocycles. The van der Waals surface area contributed by atoms with Crippen LogP contribution in [0.1, 0.15) is 43.5 Å². The van der Waals surface area contributed by atoms with E-state index in [4.69, 9.17) is 11.6 Å². The lowest BCUT2D eigenvalue weighted by molar-refractivity contribution is -0.384. The minimum atomic E-state index is -0.537. The summed E-state index contributed by atoms with van der Waals surface area (Å²) in [6, 6.07) is 3.88. The summed E-state index contributed by atoms with van der Waals surface area (Å²) in [5.74, 6) is -0.385. The molecule has 0 spiro atoms. The van der Waals surface area contributed by atoms with Gasteiger partial charge in [-0.3, -0.25) is 19.8 Å². The van der Waals surface area contributed by atoms with Crippen LogP contribution in [0.25, 0.3) is 0 Å². The van der Waals surface area contributed by atoms with Gasteiger partial charge in [-0.1, -0.05) is 18.0 Å². The van der Waals surface area contributed by atoms with Crippen molar-refractivity contribution in [2.75, 3.05) is 19.6 Å². The molecule has 0 atom stereocenters. The molecule has 1 aliphatic rings. The summed E-state index contributed by atoms with van der Waals surface area (Å²) in [6.07, 6.45) is 3.60. The third-order valence-corrected chi connectivity index (χ3v) is 4.63. The fraction of sp³-hybridized carbons (Fsp3) is 0.562. The summed E-state index contributed by atoms with van der Waals surface area (Å²) in [6.45, 7) is 6.70. The molecule has 0 unspecified atom stereocenters. The molecule has 23 heavy (non-hydrogen) atoms. The van der Waals surface area contributed by atoms with E-state index in [0.29, 0.717) is 6.54 Å². The van der Waals surface area contributed by atoms with Gasteiger partial charge in [-0.15, -0.1) is 0 Å². The summed E-state index contributed by atoms with van der Waals surface area (Å²) >= 11 is 6.00. The van der Waals surface area contributed by atoms with E-state index in [-0.39, 0.29) is 27.7 Å². The molecule has 1 aromatic carbocycles. The van der Waals surface area contributed by atoms with Crippen molar-refractivity contribution in [2.24, 2.45) is 0 Å². The van der Waals surface area contributed by atoms with Gasteiger partial charge < -0.3 is 5.32 Å². The zero-order valence-electron chi connectivity index (χ0n) is 13.5. The summed E-state index contributed by atoms with van der Waals surface area (Å²) in [5.41, 5.74) is -0.173. The molecule has 126 valence electrons. The van der Waals surface area contributed by atoms with Crippen LogP contribution < -0.4 is 5.32 Å². The molecule has 1 fully saturated rings. The second-order valence-electron chi connectivity index (χ2n) is 6.46. The van der Waals surface area contributed by atoms with Crippen LogP contribution in [-0.4, -0.2) is 40.9 Å². The van der Waals surface area contributed by atoms with Gasteiger partial charge in [-0.25, -0.2) is 0 Å². The van der Waals surface area contributed by atoms with Crippen LogP contribution in [0.15, 0.2) is 18.2 Å². The van der Waals surface area contributed by atoms with Crippen LogP contribution in [0.4, 0.5) is 5.69 Å². The summed E-state index contributed by atoms with van der Waals surface area (Å²) in [4.78, 5) is 25.0. The molecule has 1 heterocycles. The maximum absolute atomic E-state index is 12.3. The van der Waals surface area contributed by atoms with Crippen LogP contribution in [-0.2, 0) is 0 Å². The first-order valence-electron chi connectivity index (χ1n) is 7.78. The van der Waals surface area contributed by atoms with Crippen molar-refractivity contribution < 1.29 is 9.72 Å². The van der Waals surface area contributed by atoms with Gasteiger partial charge in [0, 0.05) is 24.2 Å². The number of amides is 1. The third kappa shape index (κ3) is 4.42. The van der Waals surface area contributed by atoms with Crippen LogP contribution in [0.3, 0.4) is 0 Å². The Morgan fingerprint density at radius 1 is 1.35 bits per heavy atom. The predicted octanol–water partition coefficient (Wildman–Crippen LogP) is 3.24. The highest BCUT2D eigenvalue weighted by Gasteiger charge is 2.28. The molecule has 2 rings (SSSR count). The number of rotatable bonds is 5. The molecule has 0 aromatic heterocycles. The SMILES string of the molecule is CC(C)(CNC(=O)c1cc([N+](=O)[O-])ccc1Cl)N1CCCCC1. The Morgan fingerprint density at radius 2 is 2.00 bits per heavy atom. The molecule has 0 bridgehead atoms. The van der Waals surface area contributed by atoms with Gasteiger partial charge in [0.1, 0.15) is 0 Å². The van der Waals surface area contributed by atoms with Crippen molar-refractivity contribution >= 4 is 23.2 Å². The number of nitrogens with zero attached hydrogens (tertiary/aromatic N) is 2. The molecule has 1 aromatic rings. The molecule has 7 heteroatoms. The lowest BCUT2D eigenvalue weighted by atomic mass is 9.98. The van der Waals surface area contributed by atoms with E-state index in [2.05, 4.69) is 24.1 Å². The number of nitro benzene ring substituents is 1. The van der Waals surface area contributed by atoms with Crippen LogP contribution in [0, 0.1) is 10.1 Å². The highest BCUT2D eigenvalue weighted by Crippen LogP contribution is 2.23. The maximum Gasteiger partial charge on any atom is 0.270 e.